The van der Waals surface area contributed by atoms with Gasteiger partial charge in [0.25, 0.3) is 0 Å². The van der Waals surface area contributed by atoms with Gasteiger partial charge in [0.05, 0.1) is 10.9 Å². The van der Waals surface area contributed by atoms with Crippen LogP contribution in [0.5, 0.6) is 0 Å². The van der Waals surface area contributed by atoms with E-state index in [1.807, 2.05) is 54.3 Å². The molecule has 1 unspecified atom stereocenters. The SMILES string of the molecule is CC(C(=O)Nc1cccc2ccccc12)N1CCN(S(=O)(=O)c2ccc(F)cc2)CC1. The number of halogens is 1. The first-order valence-electron chi connectivity index (χ1n) is 10.1. The first-order valence-corrected chi connectivity index (χ1v) is 11.6. The lowest BCUT2D eigenvalue weighted by molar-refractivity contribution is -0.121. The van der Waals surface area contributed by atoms with Crippen molar-refractivity contribution >= 4 is 32.4 Å². The molecule has 162 valence electrons. The van der Waals surface area contributed by atoms with Crippen LogP contribution in [0.1, 0.15) is 6.92 Å². The molecule has 0 saturated carbocycles. The van der Waals surface area contributed by atoms with Crippen molar-refractivity contribution in [3.63, 3.8) is 0 Å². The molecule has 0 spiro atoms. The van der Waals surface area contributed by atoms with Gasteiger partial charge >= 0.3 is 0 Å². The van der Waals surface area contributed by atoms with Crippen LogP contribution in [-0.2, 0) is 14.8 Å². The molecule has 1 N–H and O–H groups in total. The van der Waals surface area contributed by atoms with Crippen molar-refractivity contribution in [2.75, 3.05) is 31.5 Å². The van der Waals surface area contributed by atoms with E-state index in [4.69, 9.17) is 0 Å². The molecule has 0 aliphatic carbocycles. The molecule has 1 heterocycles. The van der Waals surface area contributed by atoms with Crippen LogP contribution in [0.4, 0.5) is 10.1 Å². The van der Waals surface area contributed by atoms with Crippen molar-refractivity contribution < 1.29 is 17.6 Å². The van der Waals surface area contributed by atoms with E-state index >= 15 is 0 Å². The van der Waals surface area contributed by atoms with Crippen molar-refractivity contribution in [1.29, 1.82) is 0 Å². The Morgan fingerprint density at radius 1 is 0.935 bits per heavy atom. The zero-order chi connectivity index (χ0) is 22.0. The molecule has 1 aliphatic heterocycles. The first-order chi connectivity index (χ1) is 14.9. The van der Waals surface area contributed by atoms with Gasteiger partial charge in [0.1, 0.15) is 5.82 Å². The minimum absolute atomic E-state index is 0.0732. The maximum absolute atomic E-state index is 13.1. The number of piperazine rings is 1. The lowest BCUT2D eigenvalue weighted by Gasteiger charge is -2.36. The average Bonchev–Trinajstić information content (AvgIpc) is 2.79. The molecular weight excluding hydrogens is 417 g/mol. The highest BCUT2D eigenvalue weighted by Crippen LogP contribution is 2.24. The number of nitrogens with one attached hydrogen (secondary N) is 1. The summed E-state index contributed by atoms with van der Waals surface area (Å²) in [6.45, 7) is 3.23. The Morgan fingerprint density at radius 2 is 1.58 bits per heavy atom. The Balaban J connectivity index is 1.40. The summed E-state index contributed by atoms with van der Waals surface area (Å²) in [7, 11) is -3.68. The Bertz CT molecular complexity index is 1180. The third-order valence-electron chi connectivity index (χ3n) is 5.70. The van der Waals surface area contributed by atoms with Gasteiger partial charge in [-0.15, -0.1) is 0 Å². The van der Waals surface area contributed by atoms with E-state index in [0.29, 0.717) is 13.1 Å². The number of hydrogen-bond acceptors (Lipinski definition) is 4. The van der Waals surface area contributed by atoms with Gasteiger partial charge in [-0.05, 0) is 42.6 Å². The first kappa shape index (κ1) is 21.4. The fourth-order valence-corrected chi connectivity index (χ4v) is 5.25. The van der Waals surface area contributed by atoms with Crippen molar-refractivity contribution in [1.82, 2.24) is 9.21 Å². The van der Waals surface area contributed by atoms with Gasteiger partial charge in [-0.25, -0.2) is 12.8 Å². The molecule has 1 aliphatic rings. The van der Waals surface area contributed by atoms with E-state index in [1.54, 1.807) is 0 Å². The van der Waals surface area contributed by atoms with E-state index in [-0.39, 0.29) is 23.9 Å². The summed E-state index contributed by atoms with van der Waals surface area (Å²) in [6.07, 6.45) is 0. The smallest absolute Gasteiger partial charge is 0.243 e. The van der Waals surface area contributed by atoms with Gasteiger partial charge in [-0.2, -0.15) is 4.31 Å². The quantitative estimate of drug-likeness (QED) is 0.660. The molecule has 1 amide bonds. The van der Waals surface area contributed by atoms with Crippen LogP contribution in [0, 0.1) is 5.82 Å². The number of carbonyl (C=O) groups is 1. The summed E-state index contributed by atoms with van der Waals surface area (Å²) in [4.78, 5) is 14.9. The third-order valence-corrected chi connectivity index (χ3v) is 7.61. The van der Waals surface area contributed by atoms with E-state index < -0.39 is 21.9 Å². The van der Waals surface area contributed by atoms with Crippen molar-refractivity contribution in [3.8, 4) is 0 Å². The highest BCUT2D eigenvalue weighted by Gasteiger charge is 2.31. The largest absolute Gasteiger partial charge is 0.324 e. The summed E-state index contributed by atoms with van der Waals surface area (Å²) in [5, 5.41) is 5.03. The Hall–Kier alpha value is -2.81. The lowest BCUT2D eigenvalue weighted by atomic mass is 10.1. The highest BCUT2D eigenvalue weighted by atomic mass is 32.2. The number of anilines is 1. The second kappa shape index (κ2) is 8.74. The van der Waals surface area contributed by atoms with Crippen LogP contribution >= 0.6 is 0 Å². The molecule has 1 atom stereocenters. The number of carbonyl (C=O) groups excluding carboxylic acids is 1. The summed E-state index contributed by atoms with van der Waals surface area (Å²) < 4.78 is 40.1. The van der Waals surface area contributed by atoms with Crippen LogP contribution in [0.2, 0.25) is 0 Å². The summed E-state index contributed by atoms with van der Waals surface area (Å²) in [5.41, 5.74) is 0.757. The maximum atomic E-state index is 13.1. The molecular formula is C23H24FN3O3S. The van der Waals surface area contributed by atoms with Crippen molar-refractivity contribution in [2.24, 2.45) is 0 Å². The molecule has 31 heavy (non-hydrogen) atoms. The third kappa shape index (κ3) is 4.46. The molecule has 1 fully saturated rings. The zero-order valence-electron chi connectivity index (χ0n) is 17.2. The molecule has 6 nitrogen and oxygen atoms in total. The fraction of sp³-hybridized carbons (Fsp3) is 0.261. The summed E-state index contributed by atoms with van der Waals surface area (Å²) in [5.74, 6) is -0.610. The van der Waals surface area contributed by atoms with Crippen LogP contribution in [0.25, 0.3) is 10.8 Å². The molecule has 0 aromatic heterocycles. The Labute approximate surface area is 181 Å². The number of hydrogen-bond donors (Lipinski definition) is 1. The fourth-order valence-electron chi connectivity index (χ4n) is 3.82. The van der Waals surface area contributed by atoms with E-state index in [2.05, 4.69) is 5.32 Å². The highest BCUT2D eigenvalue weighted by molar-refractivity contribution is 7.89. The Kier molecular flexibility index (Phi) is 6.04. The second-order valence-corrected chi connectivity index (χ2v) is 9.52. The molecule has 8 heteroatoms. The number of benzene rings is 3. The standard InChI is InChI=1S/C23H24FN3O3S/c1-17(23(28)25-22-8-4-6-18-5-2-3-7-21(18)22)26-13-15-27(16-14-26)31(29,30)20-11-9-19(24)10-12-20/h2-12,17H,13-16H2,1H3,(H,25,28). The van der Waals surface area contributed by atoms with Gasteiger partial charge in [-0.1, -0.05) is 36.4 Å². The number of fused-ring (bicyclic) bond motifs is 1. The van der Waals surface area contributed by atoms with Crippen LogP contribution < -0.4 is 5.32 Å². The minimum atomic E-state index is -3.68. The lowest BCUT2D eigenvalue weighted by Crippen LogP contribution is -2.53. The second-order valence-electron chi connectivity index (χ2n) is 7.59. The maximum Gasteiger partial charge on any atom is 0.243 e. The number of nitrogens with zero attached hydrogens (tertiary/aromatic N) is 2. The molecule has 3 aromatic rings. The predicted molar refractivity (Wildman–Crippen MR) is 119 cm³/mol. The van der Waals surface area contributed by atoms with Crippen molar-refractivity contribution in [2.45, 2.75) is 17.9 Å². The van der Waals surface area contributed by atoms with Gasteiger partial charge in [0, 0.05) is 37.3 Å². The van der Waals surface area contributed by atoms with Gasteiger partial charge in [0.2, 0.25) is 15.9 Å². The van der Waals surface area contributed by atoms with Crippen molar-refractivity contribution in [3.05, 3.63) is 72.5 Å². The molecule has 3 aromatic carbocycles. The minimum Gasteiger partial charge on any atom is -0.324 e. The van der Waals surface area contributed by atoms with Gasteiger partial charge in [0.15, 0.2) is 0 Å². The average molecular weight is 442 g/mol. The summed E-state index contributed by atoms with van der Waals surface area (Å²) in [6, 6.07) is 18.1. The molecule has 0 bridgehead atoms. The zero-order valence-corrected chi connectivity index (χ0v) is 18.0. The number of sulfonamides is 1. The van der Waals surface area contributed by atoms with E-state index in [9.17, 15) is 17.6 Å². The number of amides is 1. The van der Waals surface area contributed by atoms with Crippen LogP contribution in [-0.4, -0.2) is 55.8 Å². The predicted octanol–water partition coefficient (Wildman–Crippen LogP) is 3.31. The van der Waals surface area contributed by atoms with Crippen LogP contribution in [0.3, 0.4) is 0 Å². The van der Waals surface area contributed by atoms with Gasteiger partial charge < -0.3 is 5.32 Å². The Morgan fingerprint density at radius 3 is 2.29 bits per heavy atom. The normalized spacial score (nSPS) is 16.8. The van der Waals surface area contributed by atoms with Crippen LogP contribution in [0.15, 0.2) is 71.6 Å². The molecule has 4 rings (SSSR count). The van der Waals surface area contributed by atoms with E-state index in [0.717, 1.165) is 28.6 Å². The van der Waals surface area contributed by atoms with E-state index in [1.165, 1.54) is 16.4 Å². The molecule has 0 radical (unpaired) electrons. The number of rotatable bonds is 5. The summed E-state index contributed by atoms with van der Waals surface area (Å²) >= 11 is 0. The van der Waals surface area contributed by atoms with Gasteiger partial charge in [-0.3, -0.25) is 9.69 Å². The monoisotopic (exact) mass is 441 g/mol. The topological polar surface area (TPSA) is 69.7 Å². The molecule has 1 saturated heterocycles.